The molecule has 1 fully saturated rings. The Labute approximate surface area is 277 Å². The van der Waals surface area contributed by atoms with Crippen LogP contribution in [0.25, 0.3) is 10.1 Å². The summed E-state index contributed by atoms with van der Waals surface area (Å²) in [6.45, 7) is 2.20. The molecule has 254 valence electrons. The summed E-state index contributed by atoms with van der Waals surface area (Å²) in [5, 5.41) is 4.94. The van der Waals surface area contributed by atoms with Crippen LogP contribution in [0.2, 0.25) is 0 Å². The Morgan fingerprint density at radius 1 is 0.938 bits per heavy atom. The number of hydrogen-bond donors (Lipinski definition) is 2. The summed E-state index contributed by atoms with van der Waals surface area (Å²) in [4.78, 5) is 29.1. The van der Waals surface area contributed by atoms with Gasteiger partial charge in [0.2, 0.25) is 5.75 Å². The fourth-order valence-electron chi connectivity index (χ4n) is 5.56. The van der Waals surface area contributed by atoms with Gasteiger partial charge in [-0.15, -0.1) is 11.3 Å². The van der Waals surface area contributed by atoms with Crippen molar-refractivity contribution in [3.05, 3.63) is 87.5 Å². The van der Waals surface area contributed by atoms with Gasteiger partial charge < -0.3 is 15.4 Å². The molecule has 0 aliphatic carbocycles. The number of piperidine rings is 1. The lowest BCUT2D eigenvalue weighted by Crippen LogP contribution is -2.34. The molecular formula is C32H27F7N3O4S2+. The van der Waals surface area contributed by atoms with Gasteiger partial charge in [0.25, 0.3) is 11.8 Å². The van der Waals surface area contributed by atoms with E-state index < -0.39 is 46.8 Å². The second-order valence-corrected chi connectivity index (χ2v) is 12.7. The van der Waals surface area contributed by atoms with Crippen molar-refractivity contribution in [3.63, 3.8) is 0 Å². The molecule has 2 heterocycles. The Morgan fingerprint density at radius 2 is 1.67 bits per heavy atom. The number of ether oxygens (including phenoxy) is 1. The number of carbonyl (C=O) groups is 2. The Balaban J connectivity index is 1.49. The molecule has 1 aliphatic heterocycles. The minimum Gasteiger partial charge on any atom is -0.496 e. The SMILES string of the molecule is COc1ccc(C2CCN(CC[S+]=O)CC2)cc1C(=O)Nc1c(C(=O)Nc2ccc(F)c(C(F)(F)F)c2)sc2cc(C(F)(F)F)ccc12. The molecule has 0 unspecified atom stereocenters. The van der Waals surface area contributed by atoms with E-state index in [1.807, 2.05) is 6.07 Å². The van der Waals surface area contributed by atoms with Crippen molar-refractivity contribution in [2.75, 3.05) is 43.1 Å². The average Bonchev–Trinajstić information content (AvgIpc) is 3.41. The lowest BCUT2D eigenvalue weighted by atomic mass is 9.88. The number of hydrogen-bond acceptors (Lipinski definition) is 6. The lowest BCUT2D eigenvalue weighted by molar-refractivity contribution is -0.140. The largest absolute Gasteiger partial charge is 0.496 e. The maximum absolute atomic E-state index is 13.8. The third-order valence-electron chi connectivity index (χ3n) is 8.01. The van der Waals surface area contributed by atoms with Gasteiger partial charge in [-0.1, -0.05) is 12.1 Å². The van der Waals surface area contributed by atoms with E-state index in [4.69, 9.17) is 4.74 Å². The molecule has 4 aromatic rings. The van der Waals surface area contributed by atoms with Crippen molar-refractivity contribution in [1.82, 2.24) is 4.90 Å². The van der Waals surface area contributed by atoms with Gasteiger partial charge in [0.1, 0.15) is 16.4 Å². The molecule has 0 atom stereocenters. The third-order valence-corrected chi connectivity index (χ3v) is 9.51. The first-order chi connectivity index (χ1) is 22.7. The summed E-state index contributed by atoms with van der Waals surface area (Å²) in [5.74, 6) is -2.58. The van der Waals surface area contributed by atoms with E-state index in [1.54, 1.807) is 12.1 Å². The molecule has 16 heteroatoms. The predicted molar refractivity (Wildman–Crippen MR) is 168 cm³/mol. The predicted octanol–water partition coefficient (Wildman–Crippen LogP) is 8.20. The Hall–Kier alpha value is -4.15. The highest BCUT2D eigenvalue weighted by molar-refractivity contribution is 7.65. The van der Waals surface area contributed by atoms with Crippen molar-refractivity contribution < 1.29 is 49.3 Å². The van der Waals surface area contributed by atoms with E-state index in [1.165, 1.54) is 7.11 Å². The minimum absolute atomic E-state index is 0.0248. The number of halogens is 7. The van der Waals surface area contributed by atoms with Crippen LogP contribution in [0.4, 0.5) is 42.1 Å². The second kappa shape index (κ2) is 14.1. The van der Waals surface area contributed by atoms with Crippen LogP contribution >= 0.6 is 11.3 Å². The van der Waals surface area contributed by atoms with E-state index in [9.17, 15) is 44.5 Å². The molecule has 2 N–H and O–H groups in total. The number of amides is 2. The average molecular weight is 715 g/mol. The van der Waals surface area contributed by atoms with Crippen LogP contribution in [0, 0.1) is 5.82 Å². The lowest BCUT2D eigenvalue weighted by Gasteiger charge is -2.31. The van der Waals surface area contributed by atoms with Crippen LogP contribution < -0.4 is 15.4 Å². The van der Waals surface area contributed by atoms with Gasteiger partial charge in [0.05, 0.1) is 36.0 Å². The molecule has 1 aliphatic rings. The van der Waals surface area contributed by atoms with E-state index in [2.05, 4.69) is 15.5 Å². The minimum atomic E-state index is -5.06. The van der Waals surface area contributed by atoms with Gasteiger partial charge in [-0.05, 0) is 79.9 Å². The molecule has 0 bridgehead atoms. The van der Waals surface area contributed by atoms with Gasteiger partial charge in [-0.2, -0.15) is 26.3 Å². The summed E-state index contributed by atoms with van der Waals surface area (Å²) >= 11 is 1.12. The number of carbonyl (C=O) groups excluding carboxylic acids is 2. The van der Waals surface area contributed by atoms with Crippen LogP contribution in [-0.2, 0) is 28.2 Å². The Morgan fingerprint density at radius 3 is 2.31 bits per heavy atom. The number of thiophene rings is 1. The number of fused-ring (bicyclic) bond motifs is 1. The summed E-state index contributed by atoms with van der Waals surface area (Å²) in [7, 11) is 1.35. The molecule has 0 saturated carbocycles. The Bertz CT molecular complexity index is 1850. The highest BCUT2D eigenvalue weighted by atomic mass is 32.1. The summed E-state index contributed by atoms with van der Waals surface area (Å²) < 4.78 is 110. The molecule has 1 aromatic heterocycles. The normalized spacial score (nSPS) is 14.6. The quantitative estimate of drug-likeness (QED) is 0.135. The van der Waals surface area contributed by atoms with Crippen LogP contribution in [0.3, 0.4) is 0 Å². The van der Waals surface area contributed by atoms with E-state index >= 15 is 0 Å². The van der Waals surface area contributed by atoms with Crippen molar-refractivity contribution in [2.24, 2.45) is 0 Å². The number of methoxy groups -OCH3 is 1. The number of nitrogens with zero attached hydrogens (tertiary/aromatic N) is 1. The topological polar surface area (TPSA) is 87.7 Å². The molecule has 0 spiro atoms. The monoisotopic (exact) mass is 714 g/mol. The van der Waals surface area contributed by atoms with Crippen LogP contribution in [0.5, 0.6) is 5.75 Å². The van der Waals surface area contributed by atoms with Gasteiger partial charge in [-0.3, -0.25) is 14.5 Å². The van der Waals surface area contributed by atoms with Crippen LogP contribution in [0.15, 0.2) is 54.6 Å². The number of likely N-dealkylation sites (tertiary alicyclic amines) is 1. The van der Waals surface area contributed by atoms with E-state index in [0.29, 0.717) is 47.4 Å². The number of nitrogens with one attached hydrogen (secondary N) is 2. The van der Waals surface area contributed by atoms with Crippen molar-refractivity contribution in [2.45, 2.75) is 31.1 Å². The fraction of sp³-hybridized carbons (Fsp3) is 0.312. The maximum atomic E-state index is 13.8. The highest BCUT2D eigenvalue weighted by Gasteiger charge is 2.35. The van der Waals surface area contributed by atoms with Gasteiger partial charge >= 0.3 is 24.0 Å². The smallest absolute Gasteiger partial charge is 0.460 e. The molecule has 5 rings (SSSR count). The van der Waals surface area contributed by atoms with E-state index in [-0.39, 0.29) is 37.9 Å². The van der Waals surface area contributed by atoms with Gasteiger partial charge in [-0.25, -0.2) is 4.39 Å². The van der Waals surface area contributed by atoms with Gasteiger partial charge in [0, 0.05) is 20.0 Å². The molecule has 48 heavy (non-hydrogen) atoms. The molecular weight excluding hydrogens is 687 g/mol. The number of rotatable bonds is 9. The first-order valence-corrected chi connectivity index (χ1v) is 16.2. The number of benzene rings is 3. The third kappa shape index (κ3) is 7.76. The first-order valence-electron chi connectivity index (χ1n) is 14.5. The van der Waals surface area contributed by atoms with Crippen molar-refractivity contribution in [1.29, 1.82) is 0 Å². The molecule has 3 aromatic carbocycles. The second-order valence-electron chi connectivity index (χ2n) is 11.0. The standard InChI is InChI=1S/C32H26F7N3O4S2/c1-46-25-7-2-18(17-8-10-42(11-9-17)12-13-47-45)14-22(25)29(43)41-27-21-5-3-19(31(34,35)36)15-26(21)48-28(27)30(44)40-20-4-6-24(33)23(16-20)32(37,38)39/h2-7,14-17H,8-13H2,1H3,(H-,40,41,43,44)/p+1. The van der Waals surface area contributed by atoms with Crippen molar-refractivity contribution in [3.8, 4) is 5.75 Å². The maximum Gasteiger partial charge on any atom is 0.460 e. The van der Waals surface area contributed by atoms with Crippen LogP contribution in [-0.4, -0.2) is 49.2 Å². The zero-order valence-corrected chi connectivity index (χ0v) is 26.7. The van der Waals surface area contributed by atoms with Crippen LogP contribution in [0.1, 0.15) is 55.5 Å². The highest BCUT2D eigenvalue weighted by Crippen LogP contribution is 2.41. The molecule has 7 nitrogen and oxygen atoms in total. The molecule has 1 saturated heterocycles. The Kier molecular flexibility index (Phi) is 10.4. The van der Waals surface area contributed by atoms with Gasteiger partial charge in [0.15, 0.2) is 0 Å². The zero-order valence-electron chi connectivity index (χ0n) is 25.1. The summed E-state index contributed by atoms with van der Waals surface area (Å²) in [6, 6.07) is 9.59. The summed E-state index contributed by atoms with van der Waals surface area (Å²) in [5.41, 5.74) is -2.29. The fourth-order valence-corrected chi connectivity index (χ4v) is 6.98. The molecule has 0 radical (unpaired) electrons. The number of anilines is 2. The van der Waals surface area contributed by atoms with Crippen molar-refractivity contribution >= 4 is 56.3 Å². The first kappa shape index (κ1) is 35.2. The zero-order chi connectivity index (χ0) is 34.8. The molecule has 2 amide bonds. The summed E-state index contributed by atoms with van der Waals surface area (Å²) in [6.07, 6.45) is -8.23. The van der Waals surface area contributed by atoms with E-state index in [0.717, 1.165) is 55.8 Å². The number of alkyl halides is 6.